The summed E-state index contributed by atoms with van der Waals surface area (Å²) in [6.45, 7) is 2.08. The Morgan fingerprint density at radius 1 is 1.20 bits per heavy atom. The Bertz CT molecular complexity index is 372. The van der Waals surface area contributed by atoms with Gasteiger partial charge in [0.05, 0.1) is 5.69 Å². The Morgan fingerprint density at radius 3 is 2.47 bits per heavy atom. The van der Waals surface area contributed by atoms with Crippen LogP contribution in [0.2, 0.25) is 0 Å². The standard InChI is InChI=1S/C11H12F3N/c1-6-2-8(3-6)15-10-5-7(12)4-9(13)11(10)14/h4-6,8,15H,2-3H2,1H3. The minimum Gasteiger partial charge on any atom is -0.380 e. The first-order chi connectivity index (χ1) is 7.06. The van der Waals surface area contributed by atoms with Crippen LogP contribution in [0.5, 0.6) is 0 Å². The summed E-state index contributed by atoms with van der Waals surface area (Å²) in [4.78, 5) is 0. The molecule has 0 amide bonds. The van der Waals surface area contributed by atoms with Crippen LogP contribution in [0.1, 0.15) is 19.8 Å². The van der Waals surface area contributed by atoms with Gasteiger partial charge in [0.2, 0.25) is 0 Å². The first kappa shape index (κ1) is 10.3. The van der Waals surface area contributed by atoms with Crippen LogP contribution in [-0.2, 0) is 0 Å². The van der Waals surface area contributed by atoms with Crippen molar-refractivity contribution in [1.82, 2.24) is 0 Å². The van der Waals surface area contributed by atoms with Crippen LogP contribution < -0.4 is 5.32 Å². The monoisotopic (exact) mass is 215 g/mol. The highest BCUT2D eigenvalue weighted by Gasteiger charge is 2.26. The molecule has 0 radical (unpaired) electrons. The molecule has 1 N–H and O–H groups in total. The van der Waals surface area contributed by atoms with Gasteiger partial charge in [-0.05, 0) is 18.8 Å². The highest BCUT2D eigenvalue weighted by Crippen LogP contribution is 2.30. The van der Waals surface area contributed by atoms with Crippen molar-refractivity contribution in [3.63, 3.8) is 0 Å². The SMILES string of the molecule is CC1CC(Nc2cc(F)cc(F)c2F)C1. The topological polar surface area (TPSA) is 12.0 Å². The maximum Gasteiger partial charge on any atom is 0.182 e. The van der Waals surface area contributed by atoms with E-state index in [2.05, 4.69) is 12.2 Å². The molecular weight excluding hydrogens is 203 g/mol. The molecule has 1 fully saturated rings. The van der Waals surface area contributed by atoms with E-state index in [4.69, 9.17) is 0 Å². The Labute approximate surface area is 86.3 Å². The zero-order chi connectivity index (χ0) is 11.0. The average molecular weight is 215 g/mol. The molecular formula is C11H12F3N. The molecule has 1 saturated carbocycles. The summed E-state index contributed by atoms with van der Waals surface area (Å²) in [7, 11) is 0. The third kappa shape index (κ3) is 2.08. The Morgan fingerprint density at radius 2 is 1.87 bits per heavy atom. The van der Waals surface area contributed by atoms with Crippen LogP contribution in [-0.4, -0.2) is 6.04 Å². The smallest absolute Gasteiger partial charge is 0.182 e. The van der Waals surface area contributed by atoms with Crippen LogP contribution in [0, 0.1) is 23.4 Å². The summed E-state index contributed by atoms with van der Waals surface area (Å²) >= 11 is 0. The predicted octanol–water partition coefficient (Wildman–Crippen LogP) is 3.31. The lowest BCUT2D eigenvalue weighted by molar-refractivity contribution is 0.308. The molecule has 0 atom stereocenters. The van der Waals surface area contributed by atoms with Crippen LogP contribution in [0.15, 0.2) is 12.1 Å². The highest BCUT2D eigenvalue weighted by atomic mass is 19.2. The van der Waals surface area contributed by atoms with Crippen molar-refractivity contribution in [1.29, 1.82) is 0 Å². The highest BCUT2D eigenvalue weighted by molar-refractivity contribution is 5.46. The van der Waals surface area contributed by atoms with Crippen LogP contribution >= 0.6 is 0 Å². The number of rotatable bonds is 2. The second-order valence-electron chi connectivity index (χ2n) is 4.17. The van der Waals surface area contributed by atoms with E-state index >= 15 is 0 Å². The van der Waals surface area contributed by atoms with Crippen molar-refractivity contribution in [3.05, 3.63) is 29.6 Å². The Balaban J connectivity index is 2.13. The van der Waals surface area contributed by atoms with E-state index < -0.39 is 17.5 Å². The van der Waals surface area contributed by atoms with Gasteiger partial charge in [0.1, 0.15) is 5.82 Å². The molecule has 15 heavy (non-hydrogen) atoms. The van der Waals surface area contributed by atoms with Gasteiger partial charge in [0.25, 0.3) is 0 Å². The number of nitrogens with one attached hydrogen (secondary N) is 1. The number of benzene rings is 1. The summed E-state index contributed by atoms with van der Waals surface area (Å²) in [5, 5.41) is 2.80. The molecule has 0 heterocycles. The summed E-state index contributed by atoms with van der Waals surface area (Å²) in [5.74, 6) is -2.31. The van der Waals surface area contributed by atoms with Gasteiger partial charge in [0, 0.05) is 18.2 Å². The van der Waals surface area contributed by atoms with Gasteiger partial charge in [-0.25, -0.2) is 13.2 Å². The van der Waals surface area contributed by atoms with E-state index in [-0.39, 0.29) is 11.7 Å². The molecule has 1 aromatic rings. The molecule has 0 spiro atoms. The van der Waals surface area contributed by atoms with E-state index in [0.717, 1.165) is 18.9 Å². The lowest BCUT2D eigenvalue weighted by Crippen LogP contribution is -2.34. The van der Waals surface area contributed by atoms with E-state index in [9.17, 15) is 13.2 Å². The molecule has 4 heteroatoms. The minimum atomic E-state index is -1.15. The van der Waals surface area contributed by atoms with Crippen LogP contribution in [0.4, 0.5) is 18.9 Å². The summed E-state index contributed by atoms with van der Waals surface area (Å²) in [5.41, 5.74) is -0.0793. The fourth-order valence-corrected chi connectivity index (χ4v) is 1.90. The average Bonchev–Trinajstić information content (AvgIpc) is 2.10. The lowest BCUT2D eigenvalue weighted by atomic mass is 9.82. The maximum atomic E-state index is 13.2. The largest absolute Gasteiger partial charge is 0.380 e. The molecule has 0 aliphatic heterocycles. The van der Waals surface area contributed by atoms with Crippen molar-refractivity contribution >= 4 is 5.69 Å². The Hall–Kier alpha value is -1.19. The van der Waals surface area contributed by atoms with E-state index in [1.807, 2.05) is 0 Å². The van der Waals surface area contributed by atoms with Crippen molar-refractivity contribution < 1.29 is 13.2 Å². The molecule has 0 aromatic heterocycles. The van der Waals surface area contributed by atoms with Gasteiger partial charge in [0.15, 0.2) is 11.6 Å². The first-order valence-electron chi connectivity index (χ1n) is 4.97. The van der Waals surface area contributed by atoms with Crippen molar-refractivity contribution in [2.75, 3.05) is 5.32 Å². The van der Waals surface area contributed by atoms with Gasteiger partial charge in [-0.2, -0.15) is 0 Å². The van der Waals surface area contributed by atoms with E-state index in [1.165, 1.54) is 0 Å². The number of hydrogen-bond donors (Lipinski definition) is 1. The van der Waals surface area contributed by atoms with Gasteiger partial charge < -0.3 is 5.32 Å². The molecule has 1 aliphatic carbocycles. The van der Waals surface area contributed by atoms with Crippen LogP contribution in [0.3, 0.4) is 0 Å². The molecule has 0 unspecified atom stereocenters. The van der Waals surface area contributed by atoms with Gasteiger partial charge in [-0.3, -0.25) is 0 Å². The summed E-state index contributed by atoms with van der Waals surface area (Å²) < 4.78 is 38.8. The third-order valence-electron chi connectivity index (χ3n) is 2.73. The fourth-order valence-electron chi connectivity index (χ4n) is 1.90. The third-order valence-corrected chi connectivity index (χ3v) is 2.73. The second kappa shape index (κ2) is 3.76. The quantitative estimate of drug-likeness (QED) is 0.746. The molecule has 82 valence electrons. The summed E-state index contributed by atoms with van der Waals surface area (Å²) in [6, 6.07) is 1.67. The number of anilines is 1. The van der Waals surface area contributed by atoms with Gasteiger partial charge in [-0.15, -0.1) is 0 Å². The molecule has 1 aromatic carbocycles. The zero-order valence-electron chi connectivity index (χ0n) is 8.36. The van der Waals surface area contributed by atoms with E-state index in [0.29, 0.717) is 12.0 Å². The van der Waals surface area contributed by atoms with Crippen LogP contribution in [0.25, 0.3) is 0 Å². The molecule has 1 aliphatic rings. The number of halogens is 3. The summed E-state index contributed by atoms with van der Waals surface area (Å²) in [6.07, 6.45) is 1.83. The predicted molar refractivity (Wildman–Crippen MR) is 52.1 cm³/mol. The molecule has 2 rings (SSSR count). The molecule has 1 nitrogen and oxygen atoms in total. The second-order valence-corrected chi connectivity index (χ2v) is 4.17. The Kier molecular flexibility index (Phi) is 2.59. The van der Waals surface area contributed by atoms with E-state index in [1.54, 1.807) is 0 Å². The van der Waals surface area contributed by atoms with Gasteiger partial charge >= 0.3 is 0 Å². The fraction of sp³-hybridized carbons (Fsp3) is 0.455. The zero-order valence-corrected chi connectivity index (χ0v) is 8.36. The van der Waals surface area contributed by atoms with Gasteiger partial charge in [-0.1, -0.05) is 6.92 Å². The minimum absolute atomic E-state index is 0.0793. The normalized spacial score (nSPS) is 24.8. The van der Waals surface area contributed by atoms with Crippen molar-refractivity contribution in [2.24, 2.45) is 5.92 Å². The molecule has 0 saturated heterocycles. The molecule has 0 bridgehead atoms. The lowest BCUT2D eigenvalue weighted by Gasteiger charge is -2.34. The van der Waals surface area contributed by atoms with Crippen molar-refractivity contribution in [2.45, 2.75) is 25.8 Å². The number of hydrogen-bond acceptors (Lipinski definition) is 1. The van der Waals surface area contributed by atoms with Crippen molar-refractivity contribution in [3.8, 4) is 0 Å². The first-order valence-corrected chi connectivity index (χ1v) is 4.97. The maximum absolute atomic E-state index is 13.2.